The normalized spacial score (nSPS) is 11.2. The van der Waals surface area contributed by atoms with Crippen molar-refractivity contribution in [3.05, 3.63) is 28.8 Å². The molecule has 1 rings (SSSR count). The van der Waals surface area contributed by atoms with Crippen LogP contribution in [0.25, 0.3) is 0 Å². The van der Waals surface area contributed by atoms with E-state index in [2.05, 4.69) is 37.8 Å². The molecular formula is C19H31NOS. The van der Waals surface area contributed by atoms with Crippen LogP contribution in [0.1, 0.15) is 60.5 Å². The molecule has 0 N–H and O–H groups in total. The van der Waals surface area contributed by atoms with E-state index < -0.39 is 0 Å². The summed E-state index contributed by atoms with van der Waals surface area (Å²) in [4.78, 5) is 15.8. The fourth-order valence-electron chi connectivity index (χ4n) is 2.62. The Bertz CT molecular complexity index is 459. The lowest BCUT2D eigenvalue weighted by molar-refractivity contribution is 0.0971. The maximum atomic E-state index is 12.4. The summed E-state index contributed by atoms with van der Waals surface area (Å²) in [6.45, 7) is 7.19. The summed E-state index contributed by atoms with van der Waals surface area (Å²) < 4.78 is 0. The number of aryl methyl sites for hydroxylation is 2. The topological polar surface area (TPSA) is 20.3 Å². The first-order chi connectivity index (χ1) is 10.5. The van der Waals surface area contributed by atoms with Crippen molar-refractivity contribution in [2.45, 2.75) is 57.8 Å². The molecule has 0 fully saturated rings. The van der Waals surface area contributed by atoms with Gasteiger partial charge < -0.3 is 4.90 Å². The molecule has 0 heterocycles. The first-order valence-electron chi connectivity index (χ1n) is 8.37. The second kappa shape index (κ2) is 10.1. The van der Waals surface area contributed by atoms with Gasteiger partial charge in [-0.2, -0.15) is 0 Å². The van der Waals surface area contributed by atoms with Crippen LogP contribution in [0.5, 0.6) is 0 Å². The minimum absolute atomic E-state index is 0.267. The molecule has 0 saturated heterocycles. The van der Waals surface area contributed by atoms with Gasteiger partial charge in [0.2, 0.25) is 0 Å². The minimum Gasteiger partial charge on any atom is -0.309 e. The number of unbranched alkanes of at least 4 members (excludes halogenated alkanes) is 3. The molecule has 0 radical (unpaired) electrons. The van der Waals surface area contributed by atoms with E-state index in [0.29, 0.717) is 6.42 Å². The van der Waals surface area contributed by atoms with Gasteiger partial charge in [0.05, 0.1) is 0 Å². The first-order valence-corrected chi connectivity index (χ1v) is 9.36. The largest absolute Gasteiger partial charge is 0.309 e. The third-order valence-electron chi connectivity index (χ3n) is 3.84. The smallest absolute Gasteiger partial charge is 0.164 e. The molecule has 0 bridgehead atoms. The molecule has 1 aromatic rings. The Labute approximate surface area is 140 Å². The summed E-state index contributed by atoms with van der Waals surface area (Å²) in [6.07, 6.45) is 5.81. The second-order valence-corrected chi connectivity index (χ2v) is 7.49. The van der Waals surface area contributed by atoms with Crippen LogP contribution < -0.4 is 0 Å². The Morgan fingerprint density at radius 1 is 1.09 bits per heavy atom. The summed E-state index contributed by atoms with van der Waals surface area (Å²) in [5, 5.41) is 0. The van der Waals surface area contributed by atoms with Gasteiger partial charge in [-0.3, -0.25) is 4.79 Å². The van der Waals surface area contributed by atoms with Gasteiger partial charge in [0.25, 0.3) is 0 Å². The average Bonchev–Trinajstić information content (AvgIpc) is 2.44. The molecule has 1 aromatic carbocycles. The predicted molar refractivity (Wildman–Crippen MR) is 98.3 cm³/mol. The first kappa shape index (κ1) is 19.2. The third kappa shape index (κ3) is 6.53. The molecular weight excluding hydrogens is 290 g/mol. The van der Waals surface area contributed by atoms with Gasteiger partial charge in [-0.15, -0.1) is 11.8 Å². The fourth-order valence-corrected chi connectivity index (χ4v) is 3.72. The van der Waals surface area contributed by atoms with Gasteiger partial charge in [-0.05, 0) is 63.4 Å². The zero-order valence-electron chi connectivity index (χ0n) is 14.9. The summed E-state index contributed by atoms with van der Waals surface area (Å²) in [7, 11) is 4.01. The summed E-state index contributed by atoms with van der Waals surface area (Å²) in [5.41, 5.74) is 3.18. The number of thioether (sulfide) groups is 1. The maximum Gasteiger partial charge on any atom is 0.164 e. The fraction of sp³-hybridized carbons (Fsp3) is 0.632. The van der Waals surface area contributed by atoms with Crippen molar-refractivity contribution in [1.29, 1.82) is 0 Å². The number of hydrogen-bond donors (Lipinski definition) is 0. The number of rotatable bonds is 10. The third-order valence-corrected chi connectivity index (χ3v) is 4.90. The predicted octanol–water partition coefficient (Wildman–Crippen LogP) is 5.11. The van der Waals surface area contributed by atoms with Crippen molar-refractivity contribution >= 4 is 17.5 Å². The Kier molecular flexibility index (Phi) is 8.81. The Morgan fingerprint density at radius 2 is 1.73 bits per heavy atom. The molecule has 0 saturated carbocycles. The van der Waals surface area contributed by atoms with E-state index >= 15 is 0 Å². The molecule has 0 atom stereocenters. The van der Waals surface area contributed by atoms with E-state index in [9.17, 15) is 4.79 Å². The van der Waals surface area contributed by atoms with Crippen LogP contribution in [0.2, 0.25) is 0 Å². The van der Waals surface area contributed by atoms with Crippen molar-refractivity contribution in [3.63, 3.8) is 0 Å². The van der Waals surface area contributed by atoms with E-state index in [1.54, 1.807) is 0 Å². The van der Waals surface area contributed by atoms with Gasteiger partial charge in [0.15, 0.2) is 5.78 Å². The average molecular weight is 322 g/mol. The zero-order valence-corrected chi connectivity index (χ0v) is 15.7. The van der Waals surface area contributed by atoms with Crippen molar-refractivity contribution in [3.8, 4) is 0 Å². The summed E-state index contributed by atoms with van der Waals surface area (Å²) in [5.74, 6) is 1.44. The Hall–Kier alpha value is -0.800. The van der Waals surface area contributed by atoms with Crippen LogP contribution in [0, 0.1) is 13.8 Å². The monoisotopic (exact) mass is 321 g/mol. The van der Waals surface area contributed by atoms with Crippen LogP contribution in [0.15, 0.2) is 17.0 Å². The lowest BCUT2D eigenvalue weighted by atomic mass is 9.97. The van der Waals surface area contributed by atoms with Gasteiger partial charge in [-0.1, -0.05) is 26.2 Å². The van der Waals surface area contributed by atoms with Crippen molar-refractivity contribution < 1.29 is 4.79 Å². The number of Topliss-reactive ketones (excluding diaryl/α,β-unsaturated/α-hetero) is 1. The van der Waals surface area contributed by atoms with E-state index in [4.69, 9.17) is 0 Å². The molecule has 22 heavy (non-hydrogen) atoms. The standard InChI is InChI=1S/C19H31NOS/c1-6-7-8-9-12-22-17-13-15(2)19(16(3)14-17)18(21)10-11-20(4)5/h13-14H,6-12H2,1-5H3. The highest BCUT2D eigenvalue weighted by Crippen LogP contribution is 2.26. The number of carbonyl (C=O) groups excluding carboxylic acids is 1. The van der Waals surface area contributed by atoms with Crippen LogP contribution in [-0.4, -0.2) is 37.1 Å². The van der Waals surface area contributed by atoms with E-state index in [-0.39, 0.29) is 5.78 Å². The number of hydrogen-bond acceptors (Lipinski definition) is 3. The van der Waals surface area contributed by atoms with Crippen LogP contribution in [-0.2, 0) is 0 Å². The SMILES string of the molecule is CCCCCCSc1cc(C)c(C(=O)CCN(C)C)c(C)c1. The molecule has 3 heteroatoms. The molecule has 0 aliphatic rings. The van der Waals surface area contributed by atoms with E-state index in [1.165, 1.54) is 36.3 Å². The van der Waals surface area contributed by atoms with Crippen molar-refractivity contribution in [1.82, 2.24) is 4.90 Å². The number of ketones is 1. The van der Waals surface area contributed by atoms with Gasteiger partial charge in [0.1, 0.15) is 0 Å². The van der Waals surface area contributed by atoms with Crippen molar-refractivity contribution in [2.24, 2.45) is 0 Å². The summed E-state index contributed by atoms with van der Waals surface area (Å²) in [6, 6.07) is 4.36. The molecule has 0 amide bonds. The second-order valence-electron chi connectivity index (χ2n) is 6.32. The molecule has 0 aliphatic heterocycles. The van der Waals surface area contributed by atoms with Crippen LogP contribution >= 0.6 is 11.8 Å². The van der Waals surface area contributed by atoms with Crippen LogP contribution in [0.3, 0.4) is 0 Å². The molecule has 0 aliphatic carbocycles. The molecule has 124 valence electrons. The van der Waals surface area contributed by atoms with Crippen LogP contribution in [0.4, 0.5) is 0 Å². The van der Waals surface area contributed by atoms with Crippen molar-refractivity contribution in [2.75, 3.05) is 26.4 Å². The molecule has 0 aromatic heterocycles. The van der Waals surface area contributed by atoms with Gasteiger partial charge >= 0.3 is 0 Å². The van der Waals surface area contributed by atoms with E-state index in [0.717, 1.165) is 23.2 Å². The number of carbonyl (C=O) groups is 1. The highest BCUT2D eigenvalue weighted by Gasteiger charge is 2.13. The molecule has 0 spiro atoms. The molecule has 0 unspecified atom stereocenters. The lowest BCUT2D eigenvalue weighted by Gasteiger charge is -2.13. The van der Waals surface area contributed by atoms with Gasteiger partial charge in [-0.25, -0.2) is 0 Å². The highest BCUT2D eigenvalue weighted by molar-refractivity contribution is 7.99. The maximum absolute atomic E-state index is 12.4. The number of nitrogens with zero attached hydrogens (tertiary/aromatic N) is 1. The lowest BCUT2D eigenvalue weighted by Crippen LogP contribution is -2.17. The van der Waals surface area contributed by atoms with Gasteiger partial charge in [0, 0.05) is 23.4 Å². The Balaban J connectivity index is 2.65. The molecule has 2 nitrogen and oxygen atoms in total. The summed E-state index contributed by atoms with van der Waals surface area (Å²) >= 11 is 1.92. The quantitative estimate of drug-likeness (QED) is 0.339. The highest BCUT2D eigenvalue weighted by atomic mass is 32.2. The van der Waals surface area contributed by atoms with E-state index in [1.807, 2.05) is 25.9 Å². The minimum atomic E-state index is 0.267. The number of benzene rings is 1. The Morgan fingerprint density at radius 3 is 2.27 bits per heavy atom. The zero-order chi connectivity index (χ0) is 16.5.